The first-order valence-electron chi connectivity index (χ1n) is 11.2. The average molecular weight is 495 g/mol. The molecule has 0 bridgehead atoms. The number of hydrogen-bond acceptors (Lipinski definition) is 8. The van der Waals surface area contributed by atoms with Crippen LogP contribution in [0.2, 0.25) is 0 Å². The van der Waals surface area contributed by atoms with E-state index in [-0.39, 0.29) is 37.5 Å². The van der Waals surface area contributed by atoms with Gasteiger partial charge in [-0.05, 0) is 38.8 Å². The number of hydrogen-bond donors (Lipinski definition) is 2. The Bertz CT molecular complexity index is 1150. The third-order valence-corrected chi connectivity index (χ3v) is 4.66. The van der Waals surface area contributed by atoms with E-state index >= 15 is 0 Å². The van der Waals surface area contributed by atoms with Gasteiger partial charge in [-0.25, -0.2) is 15.1 Å². The van der Waals surface area contributed by atoms with Gasteiger partial charge in [0.05, 0.1) is 13.2 Å². The van der Waals surface area contributed by atoms with Crippen molar-refractivity contribution in [3.8, 4) is 0 Å². The Hall–Kier alpha value is -4.43. The van der Waals surface area contributed by atoms with Crippen molar-refractivity contribution < 1.29 is 33.8 Å². The minimum atomic E-state index is -0.905. The lowest BCUT2D eigenvalue weighted by Crippen LogP contribution is -2.28. The van der Waals surface area contributed by atoms with Crippen LogP contribution in [0.15, 0.2) is 65.1 Å². The third kappa shape index (κ3) is 9.82. The zero-order valence-corrected chi connectivity index (χ0v) is 20.8. The van der Waals surface area contributed by atoms with E-state index in [0.717, 1.165) is 22.3 Å². The fourth-order valence-corrected chi connectivity index (χ4v) is 2.80. The van der Waals surface area contributed by atoms with Gasteiger partial charge in [0.25, 0.3) is 5.78 Å². The predicted octanol–water partition coefficient (Wildman–Crippen LogP) is 4.24. The molecule has 36 heavy (non-hydrogen) atoms. The number of Topliss-reactive ketones (excluding diaryl/α,β-unsaturated/α-hetero) is 1. The van der Waals surface area contributed by atoms with Crippen molar-refractivity contribution in [2.24, 2.45) is 5.11 Å². The largest absolute Gasteiger partial charge is 0.509 e. The summed E-state index contributed by atoms with van der Waals surface area (Å²) in [7, 11) is 0. The maximum atomic E-state index is 11.8. The number of allylic oxidation sites excluding steroid dienone is 1. The summed E-state index contributed by atoms with van der Waals surface area (Å²) in [5, 5.41) is 12.8. The van der Waals surface area contributed by atoms with Crippen LogP contribution in [-0.2, 0) is 36.7 Å². The number of esters is 2. The molecule has 0 spiro atoms. The van der Waals surface area contributed by atoms with E-state index in [1.807, 2.05) is 50.2 Å². The zero-order chi connectivity index (χ0) is 27.1. The van der Waals surface area contributed by atoms with Crippen molar-refractivity contribution in [2.45, 2.75) is 40.5 Å². The van der Waals surface area contributed by atoms with Crippen LogP contribution in [0.3, 0.4) is 0 Å². The van der Waals surface area contributed by atoms with E-state index in [2.05, 4.69) is 14.6 Å². The SMILES string of the molecule is CCOC(=O)C(=[N+]=[N-])C(=O)Cc1ccc(C)cc1.CCOC(=O)C(N=N)=C(O)Cc1ccc(C)cc1. The van der Waals surface area contributed by atoms with E-state index in [1.54, 1.807) is 26.0 Å². The van der Waals surface area contributed by atoms with Gasteiger partial charge >= 0.3 is 17.7 Å². The normalized spacial score (nSPS) is 10.6. The highest BCUT2D eigenvalue weighted by molar-refractivity contribution is 6.62. The Labute approximate surface area is 209 Å². The smallest absolute Gasteiger partial charge is 0.441 e. The van der Waals surface area contributed by atoms with E-state index in [0.29, 0.717) is 0 Å². The number of benzene rings is 2. The van der Waals surface area contributed by atoms with E-state index < -0.39 is 23.4 Å². The number of nitrogens with one attached hydrogen (secondary N) is 1. The molecule has 2 N–H and O–H groups in total. The molecule has 0 unspecified atom stereocenters. The number of aryl methyl sites for hydroxylation is 2. The number of ether oxygens (including phenoxy) is 2. The fraction of sp³-hybridized carbons (Fsp3) is 0.308. The molecule has 0 aliphatic heterocycles. The molecule has 2 aromatic carbocycles. The second-order valence-electron chi connectivity index (χ2n) is 7.54. The molecule has 0 radical (unpaired) electrons. The molecule has 0 fully saturated rings. The number of carbonyl (C=O) groups is 3. The van der Waals surface area contributed by atoms with Gasteiger partial charge in [-0.3, -0.25) is 4.79 Å². The number of aliphatic hydroxyl groups excluding tert-OH is 1. The van der Waals surface area contributed by atoms with Gasteiger partial charge < -0.3 is 20.1 Å². The maximum Gasteiger partial charge on any atom is 0.441 e. The van der Waals surface area contributed by atoms with Crippen LogP contribution in [-0.4, -0.2) is 46.5 Å². The van der Waals surface area contributed by atoms with Crippen LogP contribution in [0.1, 0.15) is 36.1 Å². The number of aliphatic hydroxyl groups is 1. The molecule has 2 rings (SSSR count). The summed E-state index contributed by atoms with van der Waals surface area (Å²) in [4.78, 5) is 37.2. The standard InChI is InChI=1S/C13H16N2O3.C13H14N2O3/c2*1-3-18-13(17)12(15-14)11(16)8-10-6-4-9(2)5-7-10/h4-7,14,16H,3,8H2,1-2H3;4-7H,3,8H2,1-2H3. The Kier molecular flexibility index (Phi) is 12.7. The van der Waals surface area contributed by atoms with Crippen molar-refractivity contribution in [3.05, 3.63) is 87.8 Å². The minimum Gasteiger partial charge on any atom is -0.509 e. The Morgan fingerprint density at radius 1 is 0.861 bits per heavy atom. The quantitative estimate of drug-likeness (QED) is 0.0954. The van der Waals surface area contributed by atoms with Gasteiger partial charge in [0.1, 0.15) is 5.76 Å². The molecule has 0 aromatic heterocycles. The van der Waals surface area contributed by atoms with Crippen molar-refractivity contribution in [1.29, 1.82) is 5.53 Å². The lowest BCUT2D eigenvalue weighted by Gasteiger charge is -2.05. The molecule has 10 nitrogen and oxygen atoms in total. The summed E-state index contributed by atoms with van der Waals surface area (Å²) < 4.78 is 9.32. The summed E-state index contributed by atoms with van der Waals surface area (Å²) in [6.45, 7) is 7.45. The molecule has 0 saturated carbocycles. The van der Waals surface area contributed by atoms with Crippen LogP contribution in [0.25, 0.3) is 5.53 Å². The Morgan fingerprint density at radius 2 is 1.31 bits per heavy atom. The molecule has 190 valence electrons. The first-order valence-corrected chi connectivity index (χ1v) is 11.2. The van der Waals surface area contributed by atoms with Crippen molar-refractivity contribution in [1.82, 2.24) is 0 Å². The number of carbonyl (C=O) groups excluding carboxylic acids is 3. The van der Waals surface area contributed by atoms with Crippen molar-refractivity contribution in [2.75, 3.05) is 13.2 Å². The molecule has 0 heterocycles. The Balaban J connectivity index is 0.000000360. The predicted molar refractivity (Wildman–Crippen MR) is 131 cm³/mol. The van der Waals surface area contributed by atoms with Gasteiger partial charge in [-0.15, -0.1) is 5.11 Å². The highest BCUT2D eigenvalue weighted by Crippen LogP contribution is 2.13. The van der Waals surface area contributed by atoms with Gasteiger partial charge in [0.2, 0.25) is 5.70 Å². The van der Waals surface area contributed by atoms with Gasteiger partial charge in [-0.2, -0.15) is 4.79 Å². The number of nitrogens with zero attached hydrogens (tertiary/aromatic N) is 3. The van der Waals surface area contributed by atoms with Gasteiger partial charge in [0.15, 0.2) is 0 Å². The third-order valence-electron chi connectivity index (χ3n) is 4.66. The molecule has 0 aliphatic rings. The second kappa shape index (κ2) is 15.5. The molecule has 0 aliphatic carbocycles. The second-order valence-corrected chi connectivity index (χ2v) is 7.54. The lowest BCUT2D eigenvalue weighted by molar-refractivity contribution is -0.142. The van der Waals surface area contributed by atoms with Crippen molar-refractivity contribution >= 4 is 23.4 Å². The van der Waals surface area contributed by atoms with Crippen LogP contribution >= 0.6 is 0 Å². The summed E-state index contributed by atoms with van der Waals surface area (Å²) in [5.41, 5.74) is 18.4. The van der Waals surface area contributed by atoms with Gasteiger partial charge in [0, 0.05) is 12.8 Å². The fourth-order valence-electron chi connectivity index (χ4n) is 2.80. The summed E-state index contributed by atoms with van der Waals surface area (Å²) in [6, 6.07) is 14.8. The first-order chi connectivity index (χ1) is 17.2. The molecule has 0 saturated heterocycles. The number of ketones is 1. The first kappa shape index (κ1) is 29.6. The van der Waals surface area contributed by atoms with E-state index in [4.69, 9.17) is 15.8 Å². The minimum absolute atomic E-state index is 0.00150. The van der Waals surface area contributed by atoms with E-state index in [1.165, 1.54) is 0 Å². The summed E-state index contributed by atoms with van der Waals surface area (Å²) in [5.74, 6) is -2.51. The summed E-state index contributed by atoms with van der Waals surface area (Å²) >= 11 is 0. The van der Waals surface area contributed by atoms with Gasteiger partial charge in [-0.1, -0.05) is 59.7 Å². The van der Waals surface area contributed by atoms with E-state index in [9.17, 15) is 19.5 Å². The maximum absolute atomic E-state index is 11.8. The van der Waals surface area contributed by atoms with Crippen LogP contribution in [0.4, 0.5) is 0 Å². The molecule has 0 atom stereocenters. The average Bonchev–Trinajstić information content (AvgIpc) is 2.84. The number of rotatable bonds is 10. The van der Waals surface area contributed by atoms with Crippen LogP contribution in [0, 0.1) is 19.4 Å². The molecule has 0 amide bonds. The Morgan fingerprint density at radius 3 is 1.72 bits per heavy atom. The zero-order valence-electron chi connectivity index (χ0n) is 20.8. The highest BCUT2D eigenvalue weighted by Gasteiger charge is 2.30. The monoisotopic (exact) mass is 494 g/mol. The van der Waals surface area contributed by atoms with Crippen LogP contribution < -0.4 is 0 Å². The molecule has 10 heteroatoms. The topological polar surface area (TPSA) is 163 Å². The van der Waals surface area contributed by atoms with Crippen molar-refractivity contribution in [3.63, 3.8) is 0 Å². The highest BCUT2D eigenvalue weighted by atomic mass is 16.5. The molecular weight excluding hydrogens is 464 g/mol. The van der Waals surface area contributed by atoms with Crippen LogP contribution in [0.5, 0.6) is 0 Å². The summed E-state index contributed by atoms with van der Waals surface area (Å²) in [6.07, 6.45) is 0.148. The lowest BCUT2D eigenvalue weighted by atomic mass is 10.0. The molecular formula is C26H30N4O6. The molecule has 2 aromatic rings.